The Hall–Kier alpha value is -3.38. The van der Waals surface area contributed by atoms with Gasteiger partial charge >= 0.3 is 5.97 Å². The first kappa shape index (κ1) is 19.4. The number of esters is 1. The molecule has 28 heavy (non-hydrogen) atoms. The van der Waals surface area contributed by atoms with Crippen LogP contribution < -0.4 is 20.1 Å². The summed E-state index contributed by atoms with van der Waals surface area (Å²) in [6, 6.07) is 5.57. The summed E-state index contributed by atoms with van der Waals surface area (Å²) in [5.74, 6) is 0.434. The van der Waals surface area contributed by atoms with E-state index in [0.717, 1.165) is 18.8 Å². The van der Waals surface area contributed by atoms with Gasteiger partial charge in [0.15, 0.2) is 5.69 Å². The Bertz CT molecular complexity index is 925. The number of nitrogens with zero attached hydrogens (tertiary/aromatic N) is 3. The minimum absolute atomic E-state index is 0.0487. The smallest absolute Gasteiger partial charge is 0.357 e. The molecule has 0 atom stereocenters. The van der Waals surface area contributed by atoms with Crippen LogP contribution in [0.1, 0.15) is 16.1 Å². The van der Waals surface area contributed by atoms with E-state index in [2.05, 4.69) is 4.90 Å². The number of anilines is 2. The normalized spacial score (nSPS) is 13.7. The van der Waals surface area contributed by atoms with Crippen LogP contribution in [-0.2, 0) is 9.47 Å². The predicted molar refractivity (Wildman–Crippen MR) is 102 cm³/mol. The third-order valence-electron chi connectivity index (χ3n) is 4.64. The molecule has 0 saturated carbocycles. The zero-order chi connectivity index (χ0) is 20.3. The lowest BCUT2D eigenvalue weighted by molar-refractivity contribution is 0.0593. The maximum absolute atomic E-state index is 12.3. The molecule has 2 heterocycles. The van der Waals surface area contributed by atoms with Gasteiger partial charge in [-0.1, -0.05) is 0 Å². The maximum atomic E-state index is 12.3. The quantitative estimate of drug-likeness (QED) is 0.771. The average molecular weight is 386 g/mol. The maximum Gasteiger partial charge on any atom is 0.357 e. The summed E-state index contributed by atoms with van der Waals surface area (Å²) in [5.41, 5.74) is 7.63. The van der Waals surface area contributed by atoms with Gasteiger partial charge in [-0.15, -0.1) is 0 Å². The van der Waals surface area contributed by atoms with Gasteiger partial charge < -0.3 is 34.1 Å². The first-order chi connectivity index (χ1) is 13.5. The number of nitriles is 1. The molecule has 1 saturated heterocycles. The molecular formula is C19H22N4O5. The second-order valence-corrected chi connectivity index (χ2v) is 6.07. The lowest BCUT2D eigenvalue weighted by Crippen LogP contribution is -2.36. The lowest BCUT2D eigenvalue weighted by atomic mass is 10.2. The van der Waals surface area contributed by atoms with E-state index < -0.39 is 5.97 Å². The van der Waals surface area contributed by atoms with E-state index in [1.54, 1.807) is 13.2 Å². The number of nitrogens with two attached hydrogens (primary N) is 1. The molecule has 1 aromatic carbocycles. The fourth-order valence-corrected chi connectivity index (χ4v) is 3.21. The fraction of sp³-hybridized carbons (Fsp3) is 0.368. The first-order valence-electron chi connectivity index (χ1n) is 8.64. The van der Waals surface area contributed by atoms with E-state index in [1.165, 1.54) is 25.0 Å². The van der Waals surface area contributed by atoms with E-state index in [9.17, 15) is 10.1 Å². The van der Waals surface area contributed by atoms with Crippen molar-refractivity contribution in [3.05, 3.63) is 29.6 Å². The Morgan fingerprint density at radius 1 is 1.14 bits per heavy atom. The number of aromatic nitrogens is 1. The highest BCUT2D eigenvalue weighted by atomic mass is 16.5. The largest absolute Gasteiger partial charge is 0.494 e. The summed E-state index contributed by atoms with van der Waals surface area (Å²) in [7, 11) is 4.36. The number of morpholine rings is 1. The molecule has 1 aliphatic rings. The van der Waals surface area contributed by atoms with Crippen LogP contribution in [0.15, 0.2) is 18.3 Å². The third-order valence-corrected chi connectivity index (χ3v) is 4.64. The van der Waals surface area contributed by atoms with Crippen LogP contribution in [0.5, 0.6) is 11.5 Å². The number of rotatable bonds is 5. The zero-order valence-electron chi connectivity index (χ0n) is 16.0. The Morgan fingerprint density at radius 2 is 1.75 bits per heavy atom. The highest BCUT2D eigenvalue weighted by Gasteiger charge is 2.25. The van der Waals surface area contributed by atoms with Crippen molar-refractivity contribution in [1.29, 1.82) is 5.26 Å². The molecule has 0 radical (unpaired) electrons. The molecule has 148 valence electrons. The van der Waals surface area contributed by atoms with Crippen molar-refractivity contribution in [1.82, 2.24) is 4.57 Å². The Labute approximate surface area is 162 Å². The molecule has 0 amide bonds. The van der Waals surface area contributed by atoms with Crippen molar-refractivity contribution >= 4 is 17.3 Å². The van der Waals surface area contributed by atoms with Gasteiger partial charge in [0.25, 0.3) is 0 Å². The molecule has 1 fully saturated rings. The molecule has 2 N–H and O–H groups in total. The predicted octanol–water partition coefficient (Wildman–Crippen LogP) is 1.57. The molecule has 1 aliphatic heterocycles. The number of methoxy groups -OCH3 is 3. The highest BCUT2D eigenvalue weighted by Crippen LogP contribution is 2.39. The fourth-order valence-electron chi connectivity index (χ4n) is 3.21. The van der Waals surface area contributed by atoms with Crippen LogP contribution in [0, 0.1) is 11.3 Å². The van der Waals surface area contributed by atoms with Crippen molar-refractivity contribution in [2.45, 2.75) is 0 Å². The lowest BCUT2D eigenvalue weighted by Gasteiger charge is -2.30. The monoisotopic (exact) mass is 386 g/mol. The zero-order valence-corrected chi connectivity index (χ0v) is 16.0. The van der Waals surface area contributed by atoms with Crippen LogP contribution in [0.4, 0.5) is 11.4 Å². The Balaban J connectivity index is 2.20. The molecule has 0 bridgehead atoms. The van der Waals surface area contributed by atoms with Crippen LogP contribution in [0.3, 0.4) is 0 Å². The second kappa shape index (κ2) is 8.10. The topological polar surface area (TPSA) is 112 Å². The third kappa shape index (κ3) is 3.30. The van der Waals surface area contributed by atoms with Crippen LogP contribution in [-0.4, -0.2) is 58.2 Å². The van der Waals surface area contributed by atoms with Gasteiger partial charge in [-0.2, -0.15) is 5.26 Å². The van der Waals surface area contributed by atoms with Crippen LogP contribution in [0.2, 0.25) is 0 Å². The summed E-state index contributed by atoms with van der Waals surface area (Å²) in [4.78, 5) is 14.4. The van der Waals surface area contributed by atoms with Gasteiger partial charge in [0.1, 0.15) is 17.6 Å². The van der Waals surface area contributed by atoms with E-state index in [0.29, 0.717) is 30.4 Å². The van der Waals surface area contributed by atoms with Gasteiger partial charge in [0.05, 0.1) is 57.2 Å². The minimum Gasteiger partial charge on any atom is -0.494 e. The summed E-state index contributed by atoms with van der Waals surface area (Å²) >= 11 is 0. The average Bonchev–Trinajstić information content (AvgIpc) is 3.08. The van der Waals surface area contributed by atoms with Crippen molar-refractivity contribution in [3.8, 4) is 23.3 Å². The Kier molecular flexibility index (Phi) is 5.61. The number of nitrogen functional groups attached to an aromatic ring is 1. The highest BCUT2D eigenvalue weighted by molar-refractivity contribution is 5.96. The van der Waals surface area contributed by atoms with E-state index >= 15 is 0 Å². The van der Waals surface area contributed by atoms with Gasteiger partial charge in [-0.3, -0.25) is 0 Å². The molecule has 0 spiro atoms. The van der Waals surface area contributed by atoms with E-state index in [4.69, 9.17) is 24.7 Å². The number of hydrogen-bond acceptors (Lipinski definition) is 8. The number of carbonyl (C=O) groups is 1. The second-order valence-electron chi connectivity index (χ2n) is 6.07. The van der Waals surface area contributed by atoms with Crippen molar-refractivity contribution < 1.29 is 23.7 Å². The van der Waals surface area contributed by atoms with E-state index in [-0.39, 0.29) is 16.9 Å². The molecule has 9 heteroatoms. The minimum atomic E-state index is -0.655. The first-order valence-corrected chi connectivity index (χ1v) is 8.64. The number of carbonyl (C=O) groups excluding carboxylic acids is 1. The number of benzene rings is 1. The standard InChI is InChI=1S/C19H22N4O5/c1-25-15-9-14(16(26-2)8-13(15)22-4-6-28-7-5-22)23-11-12(10-20)17(21)18(23)19(24)27-3/h8-9,11H,4-7,21H2,1-3H3. The molecule has 0 aliphatic carbocycles. The van der Waals surface area contributed by atoms with Gasteiger partial charge in [0, 0.05) is 31.4 Å². The molecule has 9 nitrogen and oxygen atoms in total. The van der Waals surface area contributed by atoms with Crippen molar-refractivity contribution in [3.63, 3.8) is 0 Å². The SMILES string of the molecule is COC(=O)c1c(N)c(C#N)cn1-c1cc(OC)c(N2CCOCC2)cc1OC. The summed E-state index contributed by atoms with van der Waals surface area (Å²) in [6.07, 6.45) is 1.48. The molecule has 1 aromatic heterocycles. The summed E-state index contributed by atoms with van der Waals surface area (Å²) in [6.45, 7) is 2.70. The van der Waals surface area contributed by atoms with Gasteiger partial charge in [-0.25, -0.2) is 4.79 Å². The molecule has 3 rings (SSSR count). The van der Waals surface area contributed by atoms with Crippen LogP contribution >= 0.6 is 0 Å². The molecular weight excluding hydrogens is 364 g/mol. The van der Waals surface area contributed by atoms with E-state index in [1.807, 2.05) is 12.1 Å². The van der Waals surface area contributed by atoms with Gasteiger partial charge in [0.2, 0.25) is 0 Å². The summed E-state index contributed by atoms with van der Waals surface area (Å²) in [5, 5.41) is 9.33. The molecule has 0 unspecified atom stereocenters. The van der Waals surface area contributed by atoms with Crippen molar-refractivity contribution in [2.24, 2.45) is 0 Å². The van der Waals surface area contributed by atoms with Crippen molar-refractivity contribution in [2.75, 3.05) is 58.3 Å². The van der Waals surface area contributed by atoms with Crippen LogP contribution in [0.25, 0.3) is 5.69 Å². The number of hydrogen-bond donors (Lipinski definition) is 1. The molecule has 2 aromatic rings. The number of ether oxygens (including phenoxy) is 4. The summed E-state index contributed by atoms with van der Waals surface area (Å²) < 4.78 is 22.9. The van der Waals surface area contributed by atoms with Gasteiger partial charge in [-0.05, 0) is 0 Å². The Morgan fingerprint density at radius 3 is 2.32 bits per heavy atom.